The number of hydrogen-bond donors (Lipinski definition) is 0. The summed E-state index contributed by atoms with van der Waals surface area (Å²) >= 11 is 0. The molecule has 6 aromatic rings. The SMILES string of the molecule is N#Cc1cc(C#N)cc(-c2ccc(N(c3ccc(-c4ccc(C#N)c(C#N)c4)cc3)c3ccc(-c4ccc(C#N)c(C#N)c4)cc3)cc2)c1. The zero-order valence-corrected chi connectivity index (χ0v) is 25.8. The van der Waals surface area contributed by atoms with Crippen molar-refractivity contribution in [3.8, 4) is 69.8 Å². The van der Waals surface area contributed by atoms with E-state index in [1.54, 1.807) is 42.5 Å². The average Bonchev–Trinajstić information content (AvgIpc) is 3.18. The fourth-order valence-electron chi connectivity index (χ4n) is 5.61. The van der Waals surface area contributed by atoms with Crippen molar-refractivity contribution in [1.82, 2.24) is 0 Å². The summed E-state index contributed by atoms with van der Waals surface area (Å²) in [5.41, 5.74) is 9.71. The van der Waals surface area contributed by atoms with Gasteiger partial charge in [-0.3, -0.25) is 0 Å². The molecule has 0 fully saturated rings. The molecule has 6 aromatic carbocycles. The minimum absolute atomic E-state index is 0.317. The Labute approximate surface area is 283 Å². The maximum atomic E-state index is 9.51. The Kier molecular flexibility index (Phi) is 8.61. The van der Waals surface area contributed by atoms with Crippen LogP contribution in [0.4, 0.5) is 17.1 Å². The molecule has 0 bridgehead atoms. The van der Waals surface area contributed by atoms with Crippen molar-refractivity contribution in [3.05, 3.63) is 161 Å². The Balaban J connectivity index is 1.41. The smallest absolute Gasteiger partial charge is 0.101 e. The molecule has 0 N–H and O–H groups in total. The van der Waals surface area contributed by atoms with E-state index in [9.17, 15) is 31.6 Å². The van der Waals surface area contributed by atoms with E-state index in [0.29, 0.717) is 33.4 Å². The lowest BCUT2D eigenvalue weighted by atomic mass is 9.98. The van der Waals surface area contributed by atoms with Crippen LogP contribution in [0.5, 0.6) is 0 Å². The topological polar surface area (TPSA) is 146 Å². The van der Waals surface area contributed by atoms with E-state index in [0.717, 1.165) is 50.4 Å². The van der Waals surface area contributed by atoms with Crippen LogP contribution in [-0.2, 0) is 0 Å². The zero-order valence-electron chi connectivity index (χ0n) is 25.8. The summed E-state index contributed by atoms with van der Waals surface area (Å²) in [6.07, 6.45) is 0. The van der Waals surface area contributed by atoms with Crippen molar-refractivity contribution < 1.29 is 0 Å². The summed E-state index contributed by atoms with van der Waals surface area (Å²) in [5, 5.41) is 56.6. The van der Waals surface area contributed by atoms with Crippen LogP contribution in [0.15, 0.2) is 127 Å². The van der Waals surface area contributed by atoms with E-state index in [4.69, 9.17) is 0 Å². The average molecular weight is 624 g/mol. The van der Waals surface area contributed by atoms with Crippen LogP contribution in [0.1, 0.15) is 33.4 Å². The molecule has 0 heterocycles. The van der Waals surface area contributed by atoms with E-state index in [2.05, 4.69) is 41.3 Å². The van der Waals surface area contributed by atoms with E-state index < -0.39 is 0 Å². The molecule has 0 amide bonds. The monoisotopic (exact) mass is 623 g/mol. The van der Waals surface area contributed by atoms with Crippen LogP contribution in [-0.4, -0.2) is 0 Å². The number of nitriles is 6. The first-order valence-electron chi connectivity index (χ1n) is 14.9. The van der Waals surface area contributed by atoms with Gasteiger partial charge in [-0.1, -0.05) is 48.5 Å². The lowest BCUT2D eigenvalue weighted by Gasteiger charge is -2.26. The second kappa shape index (κ2) is 13.6. The van der Waals surface area contributed by atoms with Gasteiger partial charge >= 0.3 is 0 Å². The van der Waals surface area contributed by atoms with Gasteiger partial charge in [0.1, 0.15) is 24.3 Å². The first-order valence-corrected chi connectivity index (χ1v) is 14.9. The van der Waals surface area contributed by atoms with Gasteiger partial charge < -0.3 is 4.90 Å². The number of benzene rings is 6. The molecule has 0 atom stereocenters. The van der Waals surface area contributed by atoms with Gasteiger partial charge in [0.15, 0.2) is 0 Å². The van der Waals surface area contributed by atoms with Gasteiger partial charge in [-0.15, -0.1) is 0 Å². The molecule has 49 heavy (non-hydrogen) atoms. The quantitative estimate of drug-likeness (QED) is 0.180. The maximum Gasteiger partial charge on any atom is 0.101 e. The first kappa shape index (κ1) is 31.1. The fraction of sp³-hybridized carbons (Fsp3) is 0. The summed E-state index contributed by atoms with van der Waals surface area (Å²) in [7, 11) is 0. The summed E-state index contributed by atoms with van der Waals surface area (Å²) in [6.45, 7) is 0. The summed E-state index contributed by atoms with van der Waals surface area (Å²) in [5.74, 6) is 0. The second-order valence-corrected chi connectivity index (χ2v) is 11.0. The zero-order chi connectivity index (χ0) is 34.3. The highest BCUT2D eigenvalue weighted by molar-refractivity contribution is 5.81. The molecule has 0 aliphatic carbocycles. The molecule has 0 saturated heterocycles. The van der Waals surface area contributed by atoms with E-state index >= 15 is 0 Å². The Morgan fingerprint density at radius 2 is 0.612 bits per heavy atom. The molecule has 7 nitrogen and oxygen atoms in total. The van der Waals surface area contributed by atoms with Crippen molar-refractivity contribution in [3.63, 3.8) is 0 Å². The molecule has 7 heteroatoms. The lowest BCUT2D eigenvalue weighted by Crippen LogP contribution is -2.09. The highest BCUT2D eigenvalue weighted by Gasteiger charge is 2.15. The summed E-state index contributed by atoms with van der Waals surface area (Å²) < 4.78 is 0. The minimum Gasteiger partial charge on any atom is -0.311 e. The molecule has 0 saturated carbocycles. The Morgan fingerprint density at radius 3 is 0.939 bits per heavy atom. The maximum absolute atomic E-state index is 9.51. The molecular weight excluding hydrogens is 603 g/mol. The van der Waals surface area contributed by atoms with Gasteiger partial charge in [0.25, 0.3) is 0 Å². The number of rotatable bonds is 6. The second-order valence-electron chi connectivity index (χ2n) is 11.0. The first-order chi connectivity index (χ1) is 24.0. The van der Waals surface area contributed by atoms with Crippen molar-refractivity contribution in [2.24, 2.45) is 0 Å². The number of anilines is 3. The van der Waals surface area contributed by atoms with Crippen LogP contribution >= 0.6 is 0 Å². The lowest BCUT2D eigenvalue weighted by molar-refractivity contribution is 1.28. The van der Waals surface area contributed by atoms with E-state index in [-0.39, 0.29) is 0 Å². The van der Waals surface area contributed by atoms with E-state index in [1.807, 2.05) is 84.9 Å². The predicted molar refractivity (Wildman–Crippen MR) is 186 cm³/mol. The van der Waals surface area contributed by atoms with E-state index in [1.165, 1.54) is 0 Å². The van der Waals surface area contributed by atoms with Crippen LogP contribution in [0, 0.1) is 68.0 Å². The highest BCUT2D eigenvalue weighted by Crippen LogP contribution is 2.38. The van der Waals surface area contributed by atoms with Crippen LogP contribution in [0.2, 0.25) is 0 Å². The Bertz CT molecular complexity index is 2340. The molecule has 0 aromatic heterocycles. The third kappa shape index (κ3) is 6.29. The van der Waals surface area contributed by atoms with Crippen LogP contribution in [0.3, 0.4) is 0 Å². The van der Waals surface area contributed by atoms with Gasteiger partial charge in [0, 0.05) is 17.1 Å². The molecule has 224 valence electrons. The van der Waals surface area contributed by atoms with Crippen molar-refractivity contribution in [2.45, 2.75) is 0 Å². The molecule has 0 unspecified atom stereocenters. The molecule has 0 spiro atoms. The normalized spacial score (nSPS) is 9.92. The summed E-state index contributed by atoms with van der Waals surface area (Å²) in [6, 6.07) is 51.6. The van der Waals surface area contributed by atoms with Crippen LogP contribution in [0.25, 0.3) is 33.4 Å². The molecule has 6 rings (SSSR count). The van der Waals surface area contributed by atoms with Gasteiger partial charge in [-0.2, -0.15) is 31.6 Å². The molecule has 0 aliphatic rings. The number of hydrogen-bond acceptors (Lipinski definition) is 7. The van der Waals surface area contributed by atoms with Gasteiger partial charge in [-0.25, -0.2) is 0 Å². The van der Waals surface area contributed by atoms with Gasteiger partial charge in [0.05, 0.1) is 45.5 Å². The molecule has 0 aliphatic heterocycles. The van der Waals surface area contributed by atoms with Gasteiger partial charge in [-0.05, 0) is 112 Å². The standard InChI is InChI=1S/C42H21N7/c43-22-28-17-29(23-44)19-37(18-28)32-9-15-42(16-10-32)49(40-11-5-30(6-12-40)33-1-3-35(24-45)38(20-33)26-47)41-13-7-31(8-14-41)34-2-4-36(25-46)39(21-34)27-48/h1-21H. The fourth-order valence-corrected chi connectivity index (χ4v) is 5.61. The number of nitrogens with zero attached hydrogens (tertiary/aromatic N) is 7. The Morgan fingerprint density at radius 1 is 0.286 bits per heavy atom. The van der Waals surface area contributed by atoms with Gasteiger partial charge in [0.2, 0.25) is 0 Å². The van der Waals surface area contributed by atoms with Crippen molar-refractivity contribution >= 4 is 17.1 Å². The summed E-state index contributed by atoms with van der Waals surface area (Å²) in [4.78, 5) is 2.09. The largest absolute Gasteiger partial charge is 0.311 e. The third-order valence-electron chi connectivity index (χ3n) is 8.09. The predicted octanol–water partition coefficient (Wildman–Crippen LogP) is 9.39. The van der Waals surface area contributed by atoms with Crippen LogP contribution < -0.4 is 4.90 Å². The van der Waals surface area contributed by atoms with Crippen molar-refractivity contribution in [2.75, 3.05) is 4.90 Å². The molecule has 0 radical (unpaired) electrons. The molecular formula is C42H21N7. The van der Waals surface area contributed by atoms with Crippen molar-refractivity contribution in [1.29, 1.82) is 31.6 Å². The third-order valence-corrected chi connectivity index (χ3v) is 8.09. The minimum atomic E-state index is 0.317. The Hall–Kier alpha value is -7.94. The highest BCUT2D eigenvalue weighted by atomic mass is 15.1.